The van der Waals surface area contributed by atoms with Gasteiger partial charge in [-0.05, 0) is 36.6 Å². The molecular weight excluding hydrogens is 226 g/mol. The van der Waals surface area contributed by atoms with Gasteiger partial charge in [-0.3, -0.25) is 0 Å². The highest BCUT2D eigenvalue weighted by atomic mass is 16.2. The van der Waals surface area contributed by atoms with E-state index in [0.29, 0.717) is 0 Å². The highest BCUT2D eigenvalue weighted by molar-refractivity contribution is 5.90. The number of amides is 2. The number of carbonyl (C=O) groups is 1. The molecule has 1 heterocycles. The number of anilines is 1. The molecule has 2 rings (SSSR count). The maximum absolute atomic E-state index is 11.7. The van der Waals surface area contributed by atoms with E-state index in [-0.39, 0.29) is 6.03 Å². The van der Waals surface area contributed by atoms with E-state index < -0.39 is 0 Å². The minimum atomic E-state index is -0.109. The molecule has 0 fully saturated rings. The molecule has 18 heavy (non-hydrogen) atoms. The maximum Gasteiger partial charge on any atom is 0.319 e. The van der Waals surface area contributed by atoms with E-state index in [9.17, 15) is 4.79 Å². The van der Waals surface area contributed by atoms with Crippen LogP contribution in [-0.4, -0.2) is 19.1 Å². The van der Waals surface area contributed by atoms with Gasteiger partial charge < -0.3 is 16.0 Å². The van der Waals surface area contributed by atoms with Crippen molar-refractivity contribution in [3.05, 3.63) is 29.3 Å². The van der Waals surface area contributed by atoms with Crippen LogP contribution in [0.5, 0.6) is 0 Å². The summed E-state index contributed by atoms with van der Waals surface area (Å²) in [4.78, 5) is 11.7. The van der Waals surface area contributed by atoms with Crippen molar-refractivity contribution in [1.29, 1.82) is 0 Å². The Morgan fingerprint density at radius 1 is 1.44 bits per heavy atom. The number of nitrogens with one attached hydrogen (secondary N) is 3. The average Bonchev–Trinajstić information content (AvgIpc) is 2.39. The predicted molar refractivity (Wildman–Crippen MR) is 73.8 cm³/mol. The number of fused-ring (bicyclic) bond motifs is 1. The molecule has 4 nitrogen and oxygen atoms in total. The summed E-state index contributed by atoms with van der Waals surface area (Å²) >= 11 is 0. The third-order valence-corrected chi connectivity index (χ3v) is 3.21. The van der Waals surface area contributed by atoms with Crippen LogP contribution in [-0.2, 0) is 13.0 Å². The Balaban J connectivity index is 1.98. The monoisotopic (exact) mass is 247 g/mol. The molecule has 3 N–H and O–H groups in total. The van der Waals surface area contributed by atoms with Crippen molar-refractivity contribution < 1.29 is 4.79 Å². The first kappa shape index (κ1) is 12.9. The molecule has 1 aromatic rings. The minimum Gasteiger partial charge on any atom is -0.338 e. The van der Waals surface area contributed by atoms with E-state index in [1.54, 1.807) is 0 Å². The normalized spacial score (nSPS) is 13.8. The van der Waals surface area contributed by atoms with E-state index in [2.05, 4.69) is 28.9 Å². The van der Waals surface area contributed by atoms with Crippen molar-refractivity contribution in [2.45, 2.75) is 32.7 Å². The van der Waals surface area contributed by atoms with E-state index in [0.717, 1.165) is 44.6 Å². The zero-order chi connectivity index (χ0) is 12.8. The number of rotatable bonds is 4. The van der Waals surface area contributed by atoms with Crippen LogP contribution >= 0.6 is 0 Å². The Kier molecular flexibility index (Phi) is 4.59. The fourth-order valence-electron chi connectivity index (χ4n) is 2.18. The molecule has 1 aromatic carbocycles. The van der Waals surface area contributed by atoms with Crippen LogP contribution in [0.1, 0.15) is 30.9 Å². The smallest absolute Gasteiger partial charge is 0.319 e. The molecule has 1 aliphatic heterocycles. The first-order valence-electron chi connectivity index (χ1n) is 6.67. The summed E-state index contributed by atoms with van der Waals surface area (Å²) < 4.78 is 0. The molecule has 98 valence electrons. The van der Waals surface area contributed by atoms with E-state index in [4.69, 9.17) is 0 Å². The van der Waals surface area contributed by atoms with Crippen molar-refractivity contribution in [1.82, 2.24) is 10.6 Å². The zero-order valence-electron chi connectivity index (χ0n) is 10.9. The standard InChI is InChI=1S/C14H21N3O/c1-2-3-8-16-14(18)17-13-6-4-5-11-7-9-15-10-12(11)13/h4-6,15H,2-3,7-10H2,1H3,(H2,16,17,18). The van der Waals surface area contributed by atoms with Gasteiger partial charge in [0.1, 0.15) is 0 Å². The van der Waals surface area contributed by atoms with Crippen LogP contribution in [0.15, 0.2) is 18.2 Å². The van der Waals surface area contributed by atoms with Gasteiger partial charge in [0, 0.05) is 18.8 Å². The molecule has 0 aliphatic carbocycles. The molecular formula is C14H21N3O. The molecule has 0 saturated carbocycles. The quantitative estimate of drug-likeness (QED) is 0.715. The van der Waals surface area contributed by atoms with Gasteiger partial charge in [-0.15, -0.1) is 0 Å². The SMILES string of the molecule is CCCCNC(=O)Nc1cccc2c1CNCC2. The summed E-state index contributed by atoms with van der Waals surface area (Å²) in [6.45, 7) is 4.69. The largest absolute Gasteiger partial charge is 0.338 e. The van der Waals surface area contributed by atoms with Crippen molar-refractivity contribution in [2.24, 2.45) is 0 Å². The van der Waals surface area contributed by atoms with Gasteiger partial charge in [-0.2, -0.15) is 0 Å². The summed E-state index contributed by atoms with van der Waals surface area (Å²) in [5, 5.41) is 9.14. The number of urea groups is 1. The highest BCUT2D eigenvalue weighted by Crippen LogP contribution is 2.22. The molecule has 2 amide bonds. The fourth-order valence-corrected chi connectivity index (χ4v) is 2.18. The topological polar surface area (TPSA) is 53.2 Å². The van der Waals surface area contributed by atoms with Gasteiger partial charge in [0.05, 0.1) is 0 Å². The van der Waals surface area contributed by atoms with Gasteiger partial charge in [-0.25, -0.2) is 4.79 Å². The van der Waals surface area contributed by atoms with E-state index in [1.807, 2.05) is 12.1 Å². The second-order valence-electron chi connectivity index (χ2n) is 4.60. The number of hydrogen-bond donors (Lipinski definition) is 3. The Morgan fingerprint density at radius 2 is 2.33 bits per heavy atom. The molecule has 0 saturated heterocycles. The number of unbranched alkanes of at least 4 members (excludes halogenated alkanes) is 1. The third-order valence-electron chi connectivity index (χ3n) is 3.21. The Hall–Kier alpha value is -1.55. The lowest BCUT2D eigenvalue weighted by molar-refractivity contribution is 0.252. The lowest BCUT2D eigenvalue weighted by Crippen LogP contribution is -2.31. The zero-order valence-corrected chi connectivity index (χ0v) is 10.9. The summed E-state index contributed by atoms with van der Waals surface area (Å²) in [6.07, 6.45) is 3.13. The van der Waals surface area contributed by atoms with Crippen LogP contribution in [0.2, 0.25) is 0 Å². The molecule has 1 aliphatic rings. The average molecular weight is 247 g/mol. The lowest BCUT2D eigenvalue weighted by atomic mass is 9.99. The molecule has 0 bridgehead atoms. The Bertz CT molecular complexity index is 418. The Morgan fingerprint density at radius 3 is 3.17 bits per heavy atom. The molecule has 0 atom stereocenters. The second-order valence-corrected chi connectivity index (χ2v) is 4.60. The van der Waals surface area contributed by atoms with Crippen LogP contribution < -0.4 is 16.0 Å². The summed E-state index contributed by atoms with van der Waals surface area (Å²) in [5.41, 5.74) is 3.48. The van der Waals surface area contributed by atoms with Crippen molar-refractivity contribution >= 4 is 11.7 Å². The van der Waals surface area contributed by atoms with Crippen molar-refractivity contribution in [3.8, 4) is 0 Å². The van der Waals surface area contributed by atoms with Crippen LogP contribution in [0.3, 0.4) is 0 Å². The molecule has 0 radical (unpaired) electrons. The molecule has 0 aromatic heterocycles. The van der Waals surface area contributed by atoms with E-state index in [1.165, 1.54) is 11.1 Å². The van der Waals surface area contributed by atoms with Crippen molar-refractivity contribution in [3.63, 3.8) is 0 Å². The predicted octanol–water partition coefficient (Wildman–Crippen LogP) is 2.25. The van der Waals surface area contributed by atoms with Gasteiger partial charge in [0.2, 0.25) is 0 Å². The van der Waals surface area contributed by atoms with Gasteiger partial charge in [0.25, 0.3) is 0 Å². The van der Waals surface area contributed by atoms with Crippen LogP contribution in [0.25, 0.3) is 0 Å². The minimum absolute atomic E-state index is 0.109. The maximum atomic E-state index is 11.7. The van der Waals surface area contributed by atoms with Crippen LogP contribution in [0.4, 0.5) is 10.5 Å². The second kappa shape index (κ2) is 6.40. The summed E-state index contributed by atoms with van der Waals surface area (Å²) in [5.74, 6) is 0. The third kappa shape index (κ3) is 3.23. The first-order chi connectivity index (χ1) is 8.81. The molecule has 4 heteroatoms. The van der Waals surface area contributed by atoms with Crippen molar-refractivity contribution in [2.75, 3.05) is 18.4 Å². The van der Waals surface area contributed by atoms with Gasteiger partial charge in [0.15, 0.2) is 0 Å². The number of carbonyl (C=O) groups excluding carboxylic acids is 1. The number of hydrogen-bond acceptors (Lipinski definition) is 2. The fraction of sp³-hybridized carbons (Fsp3) is 0.500. The van der Waals surface area contributed by atoms with Gasteiger partial charge >= 0.3 is 6.03 Å². The summed E-state index contributed by atoms with van der Waals surface area (Å²) in [7, 11) is 0. The Labute approximate surface area is 108 Å². The lowest BCUT2D eigenvalue weighted by Gasteiger charge is -2.20. The van der Waals surface area contributed by atoms with Gasteiger partial charge in [-0.1, -0.05) is 25.5 Å². The summed E-state index contributed by atoms with van der Waals surface area (Å²) in [6, 6.07) is 6.00. The first-order valence-corrected chi connectivity index (χ1v) is 6.67. The molecule has 0 unspecified atom stereocenters. The number of benzene rings is 1. The highest BCUT2D eigenvalue weighted by Gasteiger charge is 2.13. The van der Waals surface area contributed by atoms with Crippen LogP contribution in [0, 0.1) is 0 Å². The van der Waals surface area contributed by atoms with E-state index >= 15 is 0 Å². The molecule has 0 spiro atoms.